The van der Waals surface area contributed by atoms with Crippen molar-refractivity contribution in [2.45, 2.75) is 12.7 Å². The second-order valence-corrected chi connectivity index (χ2v) is 5.02. The van der Waals surface area contributed by atoms with Gasteiger partial charge in [-0.05, 0) is 29.8 Å². The van der Waals surface area contributed by atoms with E-state index in [2.05, 4.69) is 15.3 Å². The number of hydrogen-bond acceptors (Lipinski definition) is 3. The monoisotopic (exact) mass is 321 g/mol. The Hall–Kier alpha value is -2.70. The van der Waals surface area contributed by atoms with Gasteiger partial charge in [-0.15, -0.1) is 0 Å². The van der Waals surface area contributed by atoms with Crippen LogP contribution in [0.4, 0.5) is 19.1 Å². The SMILES string of the molecule is COc1ccc2nc(NCc3ccc(C(F)(F)F)cc3)[nH]c2c1. The molecule has 0 saturated carbocycles. The van der Waals surface area contributed by atoms with Crippen molar-refractivity contribution in [2.75, 3.05) is 12.4 Å². The Morgan fingerprint density at radius 2 is 1.87 bits per heavy atom. The molecule has 0 spiro atoms. The van der Waals surface area contributed by atoms with Crippen molar-refractivity contribution in [3.63, 3.8) is 0 Å². The summed E-state index contributed by atoms with van der Waals surface area (Å²) in [6, 6.07) is 10.5. The van der Waals surface area contributed by atoms with E-state index >= 15 is 0 Å². The standard InChI is InChI=1S/C16H14F3N3O/c1-23-12-6-7-13-14(8-12)22-15(21-13)20-9-10-2-4-11(5-3-10)16(17,18)19/h2-8H,9H2,1H3,(H2,20,21,22). The number of alkyl halides is 3. The smallest absolute Gasteiger partial charge is 0.416 e. The average Bonchev–Trinajstić information content (AvgIpc) is 2.94. The zero-order chi connectivity index (χ0) is 16.4. The predicted octanol–water partition coefficient (Wildman–Crippen LogP) is 4.20. The van der Waals surface area contributed by atoms with E-state index in [1.165, 1.54) is 12.1 Å². The molecule has 7 heteroatoms. The highest BCUT2D eigenvalue weighted by molar-refractivity contribution is 5.79. The number of methoxy groups -OCH3 is 1. The van der Waals surface area contributed by atoms with Crippen molar-refractivity contribution in [3.05, 3.63) is 53.6 Å². The zero-order valence-corrected chi connectivity index (χ0v) is 12.2. The second kappa shape index (κ2) is 5.83. The molecule has 23 heavy (non-hydrogen) atoms. The van der Waals surface area contributed by atoms with Gasteiger partial charge in [0.2, 0.25) is 5.95 Å². The summed E-state index contributed by atoms with van der Waals surface area (Å²) in [5, 5.41) is 3.06. The molecule has 4 nitrogen and oxygen atoms in total. The van der Waals surface area contributed by atoms with Crippen LogP contribution in [0.3, 0.4) is 0 Å². The third-order valence-electron chi connectivity index (χ3n) is 3.43. The van der Waals surface area contributed by atoms with Gasteiger partial charge in [0.05, 0.1) is 23.7 Å². The van der Waals surface area contributed by atoms with Gasteiger partial charge in [-0.1, -0.05) is 12.1 Å². The largest absolute Gasteiger partial charge is 0.497 e. The van der Waals surface area contributed by atoms with E-state index in [9.17, 15) is 13.2 Å². The van der Waals surface area contributed by atoms with E-state index in [1.54, 1.807) is 7.11 Å². The van der Waals surface area contributed by atoms with Gasteiger partial charge >= 0.3 is 6.18 Å². The Bertz CT molecular complexity index is 810. The minimum atomic E-state index is -4.32. The van der Waals surface area contributed by atoms with Crippen LogP contribution in [0.1, 0.15) is 11.1 Å². The summed E-state index contributed by atoms with van der Waals surface area (Å²) in [4.78, 5) is 7.45. The molecule has 0 amide bonds. The first-order chi connectivity index (χ1) is 11.0. The summed E-state index contributed by atoms with van der Waals surface area (Å²) >= 11 is 0. The number of ether oxygens (including phenoxy) is 1. The maximum absolute atomic E-state index is 12.5. The number of rotatable bonds is 4. The first kappa shape index (κ1) is 15.2. The molecule has 0 atom stereocenters. The van der Waals surface area contributed by atoms with Crippen LogP contribution in [0.15, 0.2) is 42.5 Å². The van der Waals surface area contributed by atoms with Crippen molar-refractivity contribution in [3.8, 4) is 5.75 Å². The second-order valence-electron chi connectivity index (χ2n) is 5.02. The van der Waals surface area contributed by atoms with Gasteiger partial charge < -0.3 is 15.0 Å². The lowest BCUT2D eigenvalue weighted by atomic mass is 10.1. The number of benzene rings is 2. The molecule has 2 aromatic carbocycles. The Labute approximate surface area is 130 Å². The summed E-state index contributed by atoms with van der Waals surface area (Å²) in [5.74, 6) is 1.27. The zero-order valence-electron chi connectivity index (χ0n) is 12.2. The van der Waals surface area contributed by atoms with Gasteiger partial charge in [0.1, 0.15) is 5.75 Å². The van der Waals surface area contributed by atoms with Crippen molar-refractivity contribution in [1.29, 1.82) is 0 Å². The molecule has 1 aromatic heterocycles. The van der Waals surface area contributed by atoms with Gasteiger partial charge in [0, 0.05) is 12.6 Å². The lowest BCUT2D eigenvalue weighted by molar-refractivity contribution is -0.137. The van der Waals surface area contributed by atoms with E-state index < -0.39 is 11.7 Å². The van der Waals surface area contributed by atoms with Crippen molar-refractivity contribution in [2.24, 2.45) is 0 Å². The van der Waals surface area contributed by atoms with E-state index in [1.807, 2.05) is 18.2 Å². The van der Waals surface area contributed by atoms with Crippen LogP contribution in [0.5, 0.6) is 5.75 Å². The Balaban J connectivity index is 1.70. The van der Waals surface area contributed by atoms with Gasteiger partial charge in [-0.3, -0.25) is 0 Å². The topological polar surface area (TPSA) is 49.9 Å². The summed E-state index contributed by atoms with van der Waals surface area (Å²) < 4.78 is 42.7. The van der Waals surface area contributed by atoms with Crippen LogP contribution in [-0.4, -0.2) is 17.1 Å². The molecule has 0 unspecified atom stereocenters. The number of aromatic nitrogens is 2. The molecule has 0 saturated heterocycles. The van der Waals surface area contributed by atoms with Gasteiger partial charge in [-0.2, -0.15) is 13.2 Å². The normalized spacial score (nSPS) is 11.7. The van der Waals surface area contributed by atoms with Gasteiger partial charge in [-0.25, -0.2) is 4.98 Å². The molecule has 0 aliphatic carbocycles. The predicted molar refractivity (Wildman–Crippen MR) is 81.4 cm³/mol. The lowest BCUT2D eigenvalue weighted by Gasteiger charge is -2.08. The maximum atomic E-state index is 12.5. The molecular weight excluding hydrogens is 307 g/mol. The lowest BCUT2D eigenvalue weighted by Crippen LogP contribution is -2.06. The molecule has 3 rings (SSSR count). The summed E-state index contributed by atoms with van der Waals surface area (Å²) in [5.41, 5.74) is 1.67. The molecule has 2 N–H and O–H groups in total. The van der Waals surface area contributed by atoms with E-state index in [0.717, 1.165) is 34.5 Å². The fourth-order valence-corrected chi connectivity index (χ4v) is 2.20. The van der Waals surface area contributed by atoms with E-state index in [-0.39, 0.29) is 0 Å². The maximum Gasteiger partial charge on any atom is 0.416 e. The Kier molecular flexibility index (Phi) is 3.85. The van der Waals surface area contributed by atoms with Crippen LogP contribution >= 0.6 is 0 Å². The number of nitrogens with zero attached hydrogens (tertiary/aromatic N) is 1. The van der Waals surface area contributed by atoms with E-state index in [4.69, 9.17) is 4.74 Å². The first-order valence-corrected chi connectivity index (χ1v) is 6.89. The Morgan fingerprint density at radius 1 is 1.13 bits per heavy atom. The highest BCUT2D eigenvalue weighted by atomic mass is 19.4. The molecule has 0 radical (unpaired) electrons. The number of nitrogens with one attached hydrogen (secondary N) is 2. The minimum absolute atomic E-state index is 0.370. The first-order valence-electron chi connectivity index (χ1n) is 6.89. The number of halogens is 3. The third kappa shape index (κ3) is 3.39. The van der Waals surface area contributed by atoms with Crippen LogP contribution in [0, 0.1) is 0 Å². The minimum Gasteiger partial charge on any atom is -0.497 e. The molecule has 0 aliphatic heterocycles. The number of aromatic amines is 1. The number of anilines is 1. The number of hydrogen-bond donors (Lipinski definition) is 2. The quantitative estimate of drug-likeness (QED) is 0.757. The van der Waals surface area contributed by atoms with Crippen LogP contribution in [0.2, 0.25) is 0 Å². The third-order valence-corrected chi connectivity index (χ3v) is 3.43. The number of H-pyrrole nitrogens is 1. The molecule has 120 valence electrons. The van der Waals surface area contributed by atoms with E-state index in [0.29, 0.717) is 12.5 Å². The number of imidazole rings is 1. The fourth-order valence-electron chi connectivity index (χ4n) is 2.20. The van der Waals surface area contributed by atoms with Crippen molar-refractivity contribution < 1.29 is 17.9 Å². The summed E-state index contributed by atoms with van der Waals surface area (Å²) in [6.45, 7) is 0.370. The highest BCUT2D eigenvalue weighted by Crippen LogP contribution is 2.29. The number of fused-ring (bicyclic) bond motifs is 1. The molecule has 3 aromatic rings. The van der Waals surface area contributed by atoms with Gasteiger partial charge in [0.15, 0.2) is 0 Å². The molecule has 0 aliphatic rings. The molecule has 0 bridgehead atoms. The highest BCUT2D eigenvalue weighted by Gasteiger charge is 2.29. The summed E-state index contributed by atoms with van der Waals surface area (Å²) in [6.07, 6.45) is -4.32. The van der Waals surface area contributed by atoms with Crippen molar-refractivity contribution in [1.82, 2.24) is 9.97 Å². The average molecular weight is 321 g/mol. The Morgan fingerprint density at radius 3 is 2.52 bits per heavy atom. The molecular formula is C16H14F3N3O. The van der Waals surface area contributed by atoms with Crippen LogP contribution in [0.25, 0.3) is 11.0 Å². The summed E-state index contributed by atoms with van der Waals surface area (Å²) in [7, 11) is 1.58. The molecule has 1 heterocycles. The molecule has 0 fully saturated rings. The van der Waals surface area contributed by atoms with Crippen LogP contribution < -0.4 is 10.1 Å². The van der Waals surface area contributed by atoms with Gasteiger partial charge in [0.25, 0.3) is 0 Å². The van der Waals surface area contributed by atoms with Crippen LogP contribution in [-0.2, 0) is 12.7 Å². The fraction of sp³-hybridized carbons (Fsp3) is 0.188. The van der Waals surface area contributed by atoms with Crippen molar-refractivity contribution >= 4 is 17.0 Å².